The summed E-state index contributed by atoms with van der Waals surface area (Å²) >= 11 is 0. The Balaban J connectivity index is 1.63. The average Bonchev–Trinajstić information content (AvgIpc) is 2.67. The van der Waals surface area contributed by atoms with Crippen LogP contribution >= 0.6 is 0 Å². The van der Waals surface area contributed by atoms with Crippen molar-refractivity contribution in [3.63, 3.8) is 0 Å². The van der Waals surface area contributed by atoms with Crippen LogP contribution in [0, 0.1) is 0 Å². The van der Waals surface area contributed by atoms with Crippen LogP contribution < -0.4 is 0 Å². The first-order valence-corrected chi connectivity index (χ1v) is 10.7. The molecule has 0 aromatic heterocycles. The number of phenols is 2. The van der Waals surface area contributed by atoms with Crippen LogP contribution in [0.25, 0.3) is 10.8 Å². The van der Waals surface area contributed by atoms with Gasteiger partial charge in [0.15, 0.2) is 0 Å². The molecule has 2 rings (SSSR count). The third kappa shape index (κ3) is 7.62. The largest absolute Gasteiger partial charge is 0.508 e. The van der Waals surface area contributed by atoms with Crippen LogP contribution in [0.2, 0.25) is 0 Å². The summed E-state index contributed by atoms with van der Waals surface area (Å²) in [6.45, 7) is 3.06. The van der Waals surface area contributed by atoms with Gasteiger partial charge in [-0.2, -0.15) is 0 Å². The van der Waals surface area contributed by atoms with E-state index in [1.165, 1.54) is 64.2 Å². The van der Waals surface area contributed by atoms with Gasteiger partial charge < -0.3 is 10.2 Å². The summed E-state index contributed by atoms with van der Waals surface area (Å²) in [5.41, 5.74) is 0.732. The molecule has 0 saturated heterocycles. The third-order valence-corrected chi connectivity index (χ3v) is 5.13. The van der Waals surface area contributed by atoms with Gasteiger partial charge in [-0.1, -0.05) is 77.2 Å². The lowest BCUT2D eigenvalue weighted by atomic mass is 10.0. The quantitative estimate of drug-likeness (QED) is 0.295. The van der Waals surface area contributed by atoms with Gasteiger partial charge in [-0.3, -0.25) is 4.99 Å². The zero-order valence-electron chi connectivity index (χ0n) is 16.8. The smallest absolute Gasteiger partial charge is 0.124 e. The number of hydrogen-bond donors (Lipinski definition) is 2. The van der Waals surface area contributed by atoms with Gasteiger partial charge in [0.1, 0.15) is 11.5 Å². The van der Waals surface area contributed by atoms with Gasteiger partial charge in [-0.15, -0.1) is 0 Å². The molecule has 2 aromatic rings. The second kappa shape index (κ2) is 12.4. The van der Waals surface area contributed by atoms with Crippen molar-refractivity contribution in [3.05, 3.63) is 35.9 Å². The van der Waals surface area contributed by atoms with Gasteiger partial charge >= 0.3 is 0 Å². The van der Waals surface area contributed by atoms with Gasteiger partial charge in [0.2, 0.25) is 0 Å². The lowest BCUT2D eigenvalue weighted by molar-refractivity contribution is 0.473. The van der Waals surface area contributed by atoms with Crippen molar-refractivity contribution in [3.8, 4) is 11.5 Å². The van der Waals surface area contributed by atoms with Crippen LogP contribution in [-0.4, -0.2) is 23.0 Å². The highest BCUT2D eigenvalue weighted by atomic mass is 16.3. The Hall–Kier alpha value is -2.03. The zero-order valence-corrected chi connectivity index (χ0v) is 16.8. The molecular weight excluding hydrogens is 334 g/mol. The van der Waals surface area contributed by atoms with E-state index in [-0.39, 0.29) is 11.5 Å². The maximum absolute atomic E-state index is 10.1. The number of hydrogen-bond acceptors (Lipinski definition) is 3. The number of aliphatic imine (C=N–C) groups is 1. The Labute approximate surface area is 164 Å². The van der Waals surface area contributed by atoms with Crippen LogP contribution in [-0.2, 0) is 0 Å². The Morgan fingerprint density at radius 1 is 0.778 bits per heavy atom. The zero-order chi connectivity index (χ0) is 19.3. The number of aromatic hydroxyl groups is 2. The van der Waals surface area contributed by atoms with Crippen LogP contribution in [0.4, 0.5) is 0 Å². The van der Waals surface area contributed by atoms with E-state index >= 15 is 0 Å². The molecule has 0 amide bonds. The minimum Gasteiger partial charge on any atom is -0.508 e. The summed E-state index contributed by atoms with van der Waals surface area (Å²) in [4.78, 5) is 4.50. The summed E-state index contributed by atoms with van der Waals surface area (Å²) in [5.74, 6) is 0.466. The van der Waals surface area contributed by atoms with Gasteiger partial charge in [0.05, 0.1) is 0 Å². The molecule has 0 aliphatic rings. The lowest BCUT2D eigenvalue weighted by Crippen LogP contribution is -1.89. The fraction of sp³-hybridized carbons (Fsp3) is 0.542. The van der Waals surface area contributed by atoms with E-state index in [1.54, 1.807) is 24.4 Å². The van der Waals surface area contributed by atoms with Crippen LogP contribution in [0.3, 0.4) is 0 Å². The minimum absolute atomic E-state index is 0.232. The topological polar surface area (TPSA) is 52.8 Å². The van der Waals surface area contributed by atoms with Gasteiger partial charge in [-0.05, 0) is 41.5 Å². The molecule has 0 bridgehead atoms. The summed E-state index contributed by atoms with van der Waals surface area (Å²) in [7, 11) is 0. The molecule has 0 aliphatic carbocycles. The van der Waals surface area contributed by atoms with E-state index < -0.39 is 0 Å². The summed E-state index contributed by atoms with van der Waals surface area (Å²) in [5, 5.41) is 21.5. The first kappa shape index (κ1) is 21.3. The molecule has 2 aromatic carbocycles. The number of unbranched alkanes of at least 4 members (excludes halogenated alkanes) is 10. The third-order valence-electron chi connectivity index (χ3n) is 5.13. The number of benzene rings is 2. The van der Waals surface area contributed by atoms with E-state index in [2.05, 4.69) is 11.9 Å². The van der Waals surface area contributed by atoms with Crippen molar-refractivity contribution >= 4 is 17.0 Å². The maximum atomic E-state index is 10.1. The van der Waals surface area contributed by atoms with Crippen LogP contribution in [0.15, 0.2) is 35.3 Å². The number of nitrogens with zero attached hydrogens (tertiary/aromatic N) is 1. The number of rotatable bonds is 13. The van der Waals surface area contributed by atoms with E-state index in [0.717, 1.165) is 29.3 Å². The molecule has 3 heteroatoms. The molecular formula is C24H35NO2. The standard InChI is InChI=1S/C24H35NO2/c1-2-3-4-5-6-7-8-9-10-11-12-17-25-19-23-22-15-14-21(26)18-20(22)13-16-24(23)27/h13-16,18-19,26-27H,2-12,17H2,1H3. The number of fused-ring (bicyclic) bond motifs is 1. The monoisotopic (exact) mass is 369 g/mol. The fourth-order valence-electron chi connectivity index (χ4n) is 3.49. The summed E-state index contributed by atoms with van der Waals surface area (Å²) in [6, 6.07) is 8.64. The highest BCUT2D eigenvalue weighted by Gasteiger charge is 2.05. The lowest BCUT2D eigenvalue weighted by Gasteiger charge is -2.05. The molecule has 3 nitrogen and oxygen atoms in total. The predicted octanol–water partition coefficient (Wildman–Crippen LogP) is 6.98. The minimum atomic E-state index is 0.232. The second-order valence-electron chi connectivity index (χ2n) is 7.47. The Morgan fingerprint density at radius 2 is 1.41 bits per heavy atom. The molecule has 27 heavy (non-hydrogen) atoms. The molecule has 2 N–H and O–H groups in total. The summed E-state index contributed by atoms with van der Waals surface area (Å²) < 4.78 is 0. The van der Waals surface area contributed by atoms with E-state index in [1.807, 2.05) is 12.1 Å². The summed E-state index contributed by atoms with van der Waals surface area (Å²) in [6.07, 6.45) is 16.4. The first-order valence-electron chi connectivity index (χ1n) is 10.7. The molecule has 0 heterocycles. The van der Waals surface area contributed by atoms with Gasteiger partial charge in [0.25, 0.3) is 0 Å². The number of phenolic OH excluding ortho intramolecular Hbond substituents is 2. The Morgan fingerprint density at radius 3 is 2.07 bits per heavy atom. The van der Waals surface area contributed by atoms with E-state index in [4.69, 9.17) is 0 Å². The van der Waals surface area contributed by atoms with Crippen LogP contribution in [0.5, 0.6) is 11.5 Å². The molecule has 0 fully saturated rings. The van der Waals surface area contributed by atoms with Crippen molar-refractivity contribution in [2.45, 2.75) is 77.6 Å². The van der Waals surface area contributed by atoms with Crippen molar-refractivity contribution in [1.82, 2.24) is 0 Å². The highest BCUT2D eigenvalue weighted by molar-refractivity contribution is 6.02. The molecule has 0 unspecified atom stereocenters. The van der Waals surface area contributed by atoms with Gasteiger partial charge in [-0.25, -0.2) is 0 Å². The molecule has 0 saturated carbocycles. The normalized spacial score (nSPS) is 11.6. The second-order valence-corrected chi connectivity index (χ2v) is 7.47. The fourth-order valence-corrected chi connectivity index (χ4v) is 3.49. The van der Waals surface area contributed by atoms with Gasteiger partial charge in [0, 0.05) is 18.3 Å². The predicted molar refractivity (Wildman–Crippen MR) is 116 cm³/mol. The van der Waals surface area contributed by atoms with Crippen molar-refractivity contribution in [2.75, 3.05) is 6.54 Å². The van der Waals surface area contributed by atoms with Crippen LogP contribution in [0.1, 0.15) is 83.1 Å². The molecule has 0 radical (unpaired) electrons. The Kier molecular flexibility index (Phi) is 9.75. The maximum Gasteiger partial charge on any atom is 0.124 e. The Bertz CT molecular complexity index is 709. The molecule has 0 spiro atoms. The van der Waals surface area contributed by atoms with E-state index in [9.17, 15) is 10.2 Å². The SMILES string of the molecule is CCCCCCCCCCCCCN=Cc1c(O)ccc2cc(O)ccc12. The first-order chi connectivity index (χ1) is 13.2. The van der Waals surface area contributed by atoms with E-state index in [0.29, 0.717) is 0 Å². The molecule has 0 atom stereocenters. The molecule has 148 valence electrons. The van der Waals surface area contributed by atoms with Crippen molar-refractivity contribution in [2.24, 2.45) is 4.99 Å². The highest BCUT2D eigenvalue weighted by Crippen LogP contribution is 2.28. The van der Waals surface area contributed by atoms with Crippen molar-refractivity contribution in [1.29, 1.82) is 0 Å². The van der Waals surface area contributed by atoms with Crippen molar-refractivity contribution < 1.29 is 10.2 Å². The molecule has 0 aliphatic heterocycles. The average molecular weight is 370 g/mol.